The highest BCUT2D eigenvalue weighted by Crippen LogP contribution is 2.30. The number of carboxylic acid groups (broad SMARTS) is 1. The van der Waals surface area contributed by atoms with Gasteiger partial charge in [0.15, 0.2) is 0 Å². The van der Waals surface area contributed by atoms with E-state index >= 15 is 0 Å². The predicted molar refractivity (Wildman–Crippen MR) is 81.6 cm³/mol. The fraction of sp³-hybridized carbons (Fsp3) is 0.250. The third kappa shape index (κ3) is 2.81. The minimum Gasteiger partial charge on any atom is -0.495 e. The number of carboxylic acids is 1. The molecule has 5 nitrogen and oxygen atoms in total. The average Bonchev–Trinajstić information content (AvgIpc) is 2.43. The summed E-state index contributed by atoms with van der Waals surface area (Å²) in [6.07, 6.45) is 1.55. The molecule has 0 saturated carbocycles. The number of aliphatic carboxylic acids is 1. The molecule has 2 aromatic rings. The summed E-state index contributed by atoms with van der Waals surface area (Å²) < 4.78 is 5.33. The Bertz CT molecular complexity index is 771. The molecule has 0 aliphatic carbocycles. The SMILES string of the molecule is COc1c(/C(=C/C(C)C)C(=O)O)c(=O)[nH]c2ccccc12. The summed E-state index contributed by atoms with van der Waals surface area (Å²) in [7, 11) is 1.43. The molecule has 110 valence electrons. The molecule has 0 radical (unpaired) electrons. The summed E-state index contributed by atoms with van der Waals surface area (Å²) in [6, 6.07) is 7.12. The van der Waals surface area contributed by atoms with Crippen molar-refractivity contribution in [2.24, 2.45) is 5.92 Å². The van der Waals surface area contributed by atoms with E-state index in [-0.39, 0.29) is 22.8 Å². The lowest BCUT2D eigenvalue weighted by molar-refractivity contribution is -0.130. The highest BCUT2D eigenvalue weighted by Gasteiger charge is 2.22. The molecule has 0 atom stereocenters. The lowest BCUT2D eigenvalue weighted by Gasteiger charge is -2.12. The number of ether oxygens (including phenoxy) is 1. The second-order valence-corrected chi connectivity index (χ2v) is 5.04. The molecule has 0 fully saturated rings. The first kappa shape index (κ1) is 14.8. The lowest BCUT2D eigenvalue weighted by Crippen LogP contribution is -2.17. The summed E-state index contributed by atoms with van der Waals surface area (Å²) >= 11 is 0. The number of fused-ring (bicyclic) bond motifs is 1. The molecule has 0 saturated heterocycles. The Morgan fingerprint density at radius 1 is 1.33 bits per heavy atom. The van der Waals surface area contributed by atoms with Crippen LogP contribution in [0.15, 0.2) is 35.1 Å². The largest absolute Gasteiger partial charge is 0.495 e. The standard InChI is InChI=1S/C16H17NO4/c1-9(2)8-11(16(19)20)13-14(21-3)10-6-4-5-7-12(10)17-15(13)18/h4-9H,1-3H3,(H,17,18)(H,19,20)/b11-8-. The average molecular weight is 287 g/mol. The first-order valence-corrected chi connectivity index (χ1v) is 6.60. The highest BCUT2D eigenvalue weighted by molar-refractivity contribution is 6.17. The van der Waals surface area contributed by atoms with Gasteiger partial charge in [-0.2, -0.15) is 0 Å². The second kappa shape index (κ2) is 5.83. The van der Waals surface area contributed by atoms with Crippen LogP contribution in [0.4, 0.5) is 0 Å². The van der Waals surface area contributed by atoms with Gasteiger partial charge in [-0.15, -0.1) is 0 Å². The molecule has 0 amide bonds. The van der Waals surface area contributed by atoms with Crippen LogP contribution in [-0.2, 0) is 4.79 Å². The Morgan fingerprint density at radius 3 is 2.57 bits per heavy atom. The van der Waals surface area contributed by atoms with E-state index in [4.69, 9.17) is 4.74 Å². The van der Waals surface area contributed by atoms with Crippen LogP contribution < -0.4 is 10.3 Å². The summed E-state index contributed by atoms with van der Waals surface area (Å²) in [6.45, 7) is 3.70. The Labute approximate surface area is 121 Å². The van der Waals surface area contributed by atoms with Crippen molar-refractivity contribution in [3.05, 3.63) is 46.3 Å². The van der Waals surface area contributed by atoms with Gasteiger partial charge in [-0.05, 0) is 18.1 Å². The maximum atomic E-state index is 12.3. The van der Waals surface area contributed by atoms with E-state index in [9.17, 15) is 14.7 Å². The van der Waals surface area contributed by atoms with Gasteiger partial charge in [0.1, 0.15) is 5.75 Å². The van der Waals surface area contributed by atoms with Gasteiger partial charge in [0.25, 0.3) is 5.56 Å². The van der Waals surface area contributed by atoms with Crippen LogP contribution in [-0.4, -0.2) is 23.2 Å². The molecule has 5 heteroatoms. The van der Waals surface area contributed by atoms with Crippen molar-refractivity contribution in [2.45, 2.75) is 13.8 Å². The second-order valence-electron chi connectivity index (χ2n) is 5.04. The molecule has 0 spiro atoms. The number of aromatic nitrogens is 1. The van der Waals surface area contributed by atoms with Gasteiger partial charge < -0.3 is 14.8 Å². The summed E-state index contributed by atoms with van der Waals surface area (Å²) in [5, 5.41) is 10.1. The molecule has 1 aromatic carbocycles. The minimum absolute atomic E-state index is 0.00771. The monoisotopic (exact) mass is 287 g/mol. The van der Waals surface area contributed by atoms with Gasteiger partial charge >= 0.3 is 5.97 Å². The number of carbonyl (C=O) groups is 1. The molecular weight excluding hydrogens is 270 g/mol. The quantitative estimate of drug-likeness (QED) is 0.847. The maximum absolute atomic E-state index is 12.3. The Kier molecular flexibility index (Phi) is 4.12. The van der Waals surface area contributed by atoms with Crippen LogP contribution in [0.25, 0.3) is 16.5 Å². The predicted octanol–water partition coefficient (Wildman–Crippen LogP) is 2.66. The smallest absolute Gasteiger partial charge is 0.336 e. The fourth-order valence-electron chi connectivity index (χ4n) is 2.26. The first-order valence-electron chi connectivity index (χ1n) is 6.60. The zero-order valence-electron chi connectivity index (χ0n) is 12.1. The van der Waals surface area contributed by atoms with Crippen molar-refractivity contribution in [3.8, 4) is 5.75 Å². The van der Waals surface area contributed by atoms with Crippen molar-refractivity contribution in [1.29, 1.82) is 0 Å². The number of hydrogen-bond donors (Lipinski definition) is 2. The van der Waals surface area contributed by atoms with Gasteiger partial charge in [0, 0.05) is 5.39 Å². The van der Waals surface area contributed by atoms with Gasteiger partial charge in [0.2, 0.25) is 0 Å². The van der Waals surface area contributed by atoms with E-state index in [0.29, 0.717) is 10.9 Å². The van der Waals surface area contributed by atoms with Crippen LogP contribution in [0, 0.1) is 5.92 Å². The molecule has 0 aliphatic rings. The van der Waals surface area contributed by atoms with Crippen LogP contribution in [0.5, 0.6) is 5.75 Å². The van der Waals surface area contributed by atoms with E-state index < -0.39 is 11.5 Å². The van der Waals surface area contributed by atoms with Crippen molar-refractivity contribution >= 4 is 22.4 Å². The molecule has 1 aromatic heterocycles. The lowest BCUT2D eigenvalue weighted by atomic mass is 10.00. The van der Waals surface area contributed by atoms with Crippen molar-refractivity contribution in [3.63, 3.8) is 0 Å². The third-order valence-corrected chi connectivity index (χ3v) is 3.08. The van der Waals surface area contributed by atoms with Crippen LogP contribution in [0.2, 0.25) is 0 Å². The number of methoxy groups -OCH3 is 1. The third-order valence-electron chi connectivity index (χ3n) is 3.08. The van der Waals surface area contributed by atoms with Crippen LogP contribution >= 0.6 is 0 Å². The summed E-state index contributed by atoms with van der Waals surface area (Å²) in [5.41, 5.74) is 0.142. The molecule has 21 heavy (non-hydrogen) atoms. The number of nitrogens with one attached hydrogen (secondary N) is 1. The molecule has 2 N–H and O–H groups in total. The first-order chi connectivity index (χ1) is 9.95. The normalized spacial score (nSPS) is 11.9. The number of pyridine rings is 1. The number of allylic oxidation sites excluding steroid dienone is 1. The molecule has 1 heterocycles. The minimum atomic E-state index is -1.15. The number of aromatic amines is 1. The van der Waals surface area contributed by atoms with Gasteiger partial charge in [-0.3, -0.25) is 4.79 Å². The van der Waals surface area contributed by atoms with E-state index in [2.05, 4.69) is 4.98 Å². The summed E-state index contributed by atoms with van der Waals surface area (Å²) in [4.78, 5) is 26.5. The molecular formula is C16H17NO4. The van der Waals surface area contributed by atoms with E-state index in [1.807, 2.05) is 13.8 Å². The van der Waals surface area contributed by atoms with E-state index in [1.165, 1.54) is 7.11 Å². The number of H-pyrrole nitrogens is 1. The Balaban J connectivity index is 2.88. The molecule has 0 bridgehead atoms. The van der Waals surface area contributed by atoms with Gasteiger partial charge in [-0.25, -0.2) is 4.79 Å². The number of benzene rings is 1. The van der Waals surface area contributed by atoms with E-state index in [0.717, 1.165) is 0 Å². The molecule has 2 rings (SSSR count). The highest BCUT2D eigenvalue weighted by atomic mass is 16.5. The number of para-hydroxylation sites is 1. The van der Waals surface area contributed by atoms with E-state index in [1.54, 1.807) is 30.3 Å². The zero-order chi connectivity index (χ0) is 15.6. The van der Waals surface area contributed by atoms with Gasteiger partial charge in [0.05, 0.1) is 23.8 Å². The Morgan fingerprint density at radius 2 is 2.00 bits per heavy atom. The Hall–Kier alpha value is -2.56. The summed E-state index contributed by atoms with van der Waals surface area (Å²) in [5.74, 6) is -0.877. The fourth-order valence-corrected chi connectivity index (χ4v) is 2.26. The van der Waals surface area contributed by atoms with Crippen LogP contribution in [0.1, 0.15) is 19.4 Å². The zero-order valence-corrected chi connectivity index (χ0v) is 12.1. The molecule has 0 unspecified atom stereocenters. The molecule has 0 aliphatic heterocycles. The number of hydrogen-bond acceptors (Lipinski definition) is 3. The topological polar surface area (TPSA) is 79.4 Å². The van der Waals surface area contributed by atoms with Crippen molar-refractivity contribution < 1.29 is 14.6 Å². The van der Waals surface area contributed by atoms with Crippen LogP contribution in [0.3, 0.4) is 0 Å². The van der Waals surface area contributed by atoms with Crippen molar-refractivity contribution in [1.82, 2.24) is 4.98 Å². The number of rotatable bonds is 4. The van der Waals surface area contributed by atoms with Gasteiger partial charge in [-0.1, -0.05) is 32.1 Å². The maximum Gasteiger partial charge on any atom is 0.336 e. The van der Waals surface area contributed by atoms with Crippen molar-refractivity contribution in [2.75, 3.05) is 7.11 Å².